The second kappa shape index (κ2) is 6.05. The molecule has 0 saturated carbocycles. The number of nitrogens with zero attached hydrogens (tertiary/aromatic N) is 1. The molecule has 0 aromatic carbocycles. The van der Waals surface area contributed by atoms with Crippen molar-refractivity contribution in [2.45, 2.75) is 32.4 Å². The van der Waals surface area contributed by atoms with Crippen molar-refractivity contribution in [1.82, 2.24) is 4.57 Å². The van der Waals surface area contributed by atoms with Crippen LogP contribution in [0.25, 0.3) is 0 Å². The molecule has 0 aliphatic heterocycles. The topological polar surface area (TPSA) is 77.5 Å². The van der Waals surface area contributed by atoms with Crippen LogP contribution in [0.4, 0.5) is 4.79 Å². The number of hydrogen-bond acceptors (Lipinski definition) is 4. The van der Waals surface area contributed by atoms with Crippen LogP contribution in [0.3, 0.4) is 0 Å². The minimum atomic E-state index is -0.527. The Morgan fingerprint density at radius 2 is 2.18 bits per heavy atom. The summed E-state index contributed by atoms with van der Waals surface area (Å²) in [5.41, 5.74) is 5.79. The second-order valence-corrected chi connectivity index (χ2v) is 4.62. The molecule has 17 heavy (non-hydrogen) atoms. The van der Waals surface area contributed by atoms with Crippen molar-refractivity contribution in [1.29, 1.82) is 0 Å². The van der Waals surface area contributed by atoms with E-state index in [9.17, 15) is 4.79 Å². The fraction of sp³-hybridized carbons (Fsp3) is 0.545. The van der Waals surface area contributed by atoms with Gasteiger partial charge in [-0.05, 0) is 32.4 Å². The van der Waals surface area contributed by atoms with Gasteiger partial charge < -0.3 is 15.6 Å². The van der Waals surface area contributed by atoms with Crippen LogP contribution in [0, 0.1) is 0 Å². The van der Waals surface area contributed by atoms with E-state index in [0.29, 0.717) is 5.56 Å². The SMILES string of the molecule is CC(C)(C)OC(=O)n1ccc([C@@H](N)CO)c1.Cl. The van der Waals surface area contributed by atoms with Gasteiger partial charge in [0.2, 0.25) is 0 Å². The molecule has 0 aliphatic carbocycles. The van der Waals surface area contributed by atoms with E-state index in [1.54, 1.807) is 39.2 Å². The number of ether oxygens (including phenoxy) is 1. The van der Waals surface area contributed by atoms with Gasteiger partial charge >= 0.3 is 6.09 Å². The van der Waals surface area contributed by atoms with E-state index in [1.807, 2.05) is 0 Å². The molecule has 0 saturated heterocycles. The van der Waals surface area contributed by atoms with Crippen molar-refractivity contribution in [2.75, 3.05) is 6.61 Å². The highest BCUT2D eigenvalue weighted by atomic mass is 35.5. The van der Waals surface area contributed by atoms with Gasteiger partial charge in [-0.1, -0.05) is 0 Å². The van der Waals surface area contributed by atoms with E-state index in [0.717, 1.165) is 0 Å². The number of aliphatic hydroxyl groups excluding tert-OH is 1. The average molecular weight is 263 g/mol. The monoisotopic (exact) mass is 262 g/mol. The summed E-state index contributed by atoms with van der Waals surface area (Å²) in [7, 11) is 0. The third kappa shape index (κ3) is 4.77. The van der Waals surface area contributed by atoms with Gasteiger partial charge in [-0.25, -0.2) is 4.79 Å². The molecule has 98 valence electrons. The molecule has 1 heterocycles. The normalized spacial score (nSPS) is 12.8. The summed E-state index contributed by atoms with van der Waals surface area (Å²) in [6.07, 6.45) is 2.68. The number of halogens is 1. The molecule has 0 spiro atoms. The molecule has 1 aromatic heterocycles. The minimum absolute atomic E-state index is 0. The number of aromatic nitrogens is 1. The average Bonchev–Trinajstić information content (AvgIpc) is 2.62. The van der Waals surface area contributed by atoms with Crippen LogP contribution in [0.5, 0.6) is 0 Å². The summed E-state index contributed by atoms with van der Waals surface area (Å²) in [6.45, 7) is 5.25. The van der Waals surface area contributed by atoms with Crippen LogP contribution in [0.1, 0.15) is 32.4 Å². The van der Waals surface area contributed by atoms with Crippen LogP contribution < -0.4 is 5.73 Å². The molecule has 0 fully saturated rings. The van der Waals surface area contributed by atoms with Gasteiger partial charge in [-0.15, -0.1) is 12.4 Å². The van der Waals surface area contributed by atoms with Gasteiger partial charge in [-0.2, -0.15) is 0 Å². The highest BCUT2D eigenvalue weighted by molar-refractivity contribution is 5.85. The Labute approximate surface area is 107 Å². The maximum Gasteiger partial charge on any atom is 0.418 e. The van der Waals surface area contributed by atoms with Crippen LogP contribution in [0.15, 0.2) is 18.5 Å². The smallest absolute Gasteiger partial charge is 0.418 e. The Morgan fingerprint density at radius 1 is 1.59 bits per heavy atom. The number of carbonyl (C=O) groups is 1. The Balaban J connectivity index is 0.00000256. The predicted molar refractivity (Wildman–Crippen MR) is 67.3 cm³/mol. The summed E-state index contributed by atoms with van der Waals surface area (Å²) < 4.78 is 6.49. The zero-order valence-electron chi connectivity index (χ0n) is 10.2. The lowest BCUT2D eigenvalue weighted by molar-refractivity contribution is 0.0537. The first-order valence-electron chi connectivity index (χ1n) is 5.11. The number of nitrogens with two attached hydrogens (primary N) is 1. The Hall–Kier alpha value is -1.04. The first kappa shape index (κ1) is 16.0. The molecule has 0 amide bonds. The summed E-state index contributed by atoms with van der Waals surface area (Å²) >= 11 is 0. The molecule has 1 aromatic rings. The molecule has 6 heteroatoms. The predicted octanol–water partition coefficient (Wildman–Crippen LogP) is 1.69. The molecule has 5 nitrogen and oxygen atoms in total. The van der Waals surface area contributed by atoms with Crippen LogP contribution in [0.2, 0.25) is 0 Å². The van der Waals surface area contributed by atoms with Gasteiger partial charge in [0.05, 0.1) is 12.6 Å². The number of rotatable bonds is 2. The summed E-state index contributed by atoms with van der Waals surface area (Å²) in [4.78, 5) is 11.6. The number of hydrogen-bond donors (Lipinski definition) is 2. The van der Waals surface area contributed by atoms with E-state index in [1.165, 1.54) is 4.57 Å². The molecular weight excluding hydrogens is 244 g/mol. The van der Waals surface area contributed by atoms with Gasteiger partial charge in [0.1, 0.15) is 5.60 Å². The van der Waals surface area contributed by atoms with Crippen molar-refractivity contribution in [3.63, 3.8) is 0 Å². The zero-order valence-corrected chi connectivity index (χ0v) is 11.0. The molecule has 1 atom stereocenters. The zero-order chi connectivity index (χ0) is 12.3. The molecule has 0 radical (unpaired) electrons. The molecule has 3 N–H and O–H groups in total. The van der Waals surface area contributed by atoms with Gasteiger partial charge in [0.15, 0.2) is 0 Å². The molecule has 0 aliphatic rings. The van der Waals surface area contributed by atoms with Crippen molar-refractivity contribution < 1.29 is 14.6 Å². The first-order chi connectivity index (χ1) is 7.33. The van der Waals surface area contributed by atoms with Crippen LogP contribution in [-0.2, 0) is 4.74 Å². The van der Waals surface area contributed by atoms with Gasteiger partial charge in [0.25, 0.3) is 0 Å². The first-order valence-corrected chi connectivity index (χ1v) is 5.11. The fourth-order valence-electron chi connectivity index (χ4n) is 1.17. The van der Waals surface area contributed by atoms with Gasteiger partial charge in [-0.3, -0.25) is 4.57 Å². The quantitative estimate of drug-likeness (QED) is 0.850. The Bertz CT molecular complexity index is 371. The van der Waals surface area contributed by atoms with E-state index in [4.69, 9.17) is 15.6 Å². The highest BCUT2D eigenvalue weighted by Crippen LogP contribution is 2.13. The van der Waals surface area contributed by atoms with E-state index in [2.05, 4.69) is 0 Å². The van der Waals surface area contributed by atoms with Crippen molar-refractivity contribution in [3.8, 4) is 0 Å². The van der Waals surface area contributed by atoms with E-state index >= 15 is 0 Å². The molecular formula is C11H19ClN2O3. The lowest BCUT2D eigenvalue weighted by atomic mass is 10.2. The second-order valence-electron chi connectivity index (χ2n) is 4.62. The lowest BCUT2D eigenvalue weighted by Crippen LogP contribution is -2.26. The minimum Gasteiger partial charge on any atom is -0.443 e. The lowest BCUT2D eigenvalue weighted by Gasteiger charge is -2.19. The maximum absolute atomic E-state index is 11.6. The van der Waals surface area contributed by atoms with Gasteiger partial charge in [0, 0.05) is 12.4 Å². The molecule has 0 bridgehead atoms. The fourth-order valence-corrected chi connectivity index (χ4v) is 1.17. The summed E-state index contributed by atoms with van der Waals surface area (Å²) in [5, 5.41) is 8.87. The van der Waals surface area contributed by atoms with Crippen molar-refractivity contribution in [2.24, 2.45) is 5.73 Å². The highest BCUT2D eigenvalue weighted by Gasteiger charge is 2.18. The van der Waals surface area contributed by atoms with E-state index in [-0.39, 0.29) is 19.0 Å². The summed E-state index contributed by atoms with van der Waals surface area (Å²) in [5.74, 6) is 0. The number of aliphatic hydroxyl groups is 1. The van der Waals surface area contributed by atoms with Crippen molar-refractivity contribution >= 4 is 18.5 Å². The summed E-state index contributed by atoms with van der Waals surface area (Å²) in [6, 6.07) is 1.22. The largest absolute Gasteiger partial charge is 0.443 e. The third-order valence-corrected chi connectivity index (χ3v) is 1.94. The molecule has 0 unspecified atom stereocenters. The maximum atomic E-state index is 11.6. The third-order valence-electron chi connectivity index (χ3n) is 1.94. The van der Waals surface area contributed by atoms with Crippen molar-refractivity contribution in [3.05, 3.63) is 24.0 Å². The van der Waals surface area contributed by atoms with Crippen LogP contribution >= 0.6 is 12.4 Å². The number of carbonyl (C=O) groups excluding carboxylic acids is 1. The Morgan fingerprint density at radius 3 is 2.65 bits per heavy atom. The Kier molecular flexibility index (Phi) is 5.68. The molecule has 1 rings (SSSR count). The van der Waals surface area contributed by atoms with Crippen LogP contribution in [-0.4, -0.2) is 28.0 Å². The van der Waals surface area contributed by atoms with E-state index < -0.39 is 17.7 Å². The standard InChI is InChI=1S/C11H18N2O3.ClH/c1-11(2,3)16-10(15)13-5-4-8(6-13)9(12)7-14;/h4-6,9,14H,7,12H2,1-3H3;1H/t9-;/m0./s1.